The van der Waals surface area contributed by atoms with Crippen molar-refractivity contribution >= 4 is 23.4 Å². The van der Waals surface area contributed by atoms with Crippen molar-refractivity contribution in [3.05, 3.63) is 70.4 Å². The van der Waals surface area contributed by atoms with Gasteiger partial charge in [-0.25, -0.2) is 0 Å². The zero-order chi connectivity index (χ0) is 17.3. The zero-order valence-electron chi connectivity index (χ0n) is 14.0. The Kier molecular flexibility index (Phi) is 4.67. The molecule has 3 atom stereocenters. The maximum atomic E-state index is 12.6. The third-order valence-electron chi connectivity index (χ3n) is 4.87. The summed E-state index contributed by atoms with van der Waals surface area (Å²) < 4.78 is 4.20. The first-order valence-corrected chi connectivity index (χ1v) is 9.10. The van der Waals surface area contributed by atoms with Gasteiger partial charge >= 0.3 is 5.97 Å². The maximum absolute atomic E-state index is 12.6. The van der Waals surface area contributed by atoms with Crippen LogP contribution in [0.2, 0.25) is 0 Å². The highest BCUT2D eigenvalue weighted by atomic mass is 32.2. The summed E-state index contributed by atoms with van der Waals surface area (Å²) in [6, 6.07) is 15.4. The van der Waals surface area contributed by atoms with Crippen LogP contribution in [0.5, 0.6) is 0 Å². The second-order valence-corrected chi connectivity index (χ2v) is 7.35. The molecule has 1 heterocycles. The minimum atomic E-state index is -0.740. The summed E-state index contributed by atoms with van der Waals surface area (Å²) in [5.74, 6) is -0.271. The molecule has 0 radical (unpaired) electrons. The van der Waals surface area contributed by atoms with Crippen molar-refractivity contribution in [2.45, 2.75) is 24.1 Å². The van der Waals surface area contributed by atoms with Gasteiger partial charge in [0.05, 0.1) is 7.11 Å². The van der Waals surface area contributed by atoms with E-state index in [9.17, 15) is 10.0 Å². The number of methoxy groups -OCH3 is 1. The van der Waals surface area contributed by atoms with E-state index in [0.29, 0.717) is 0 Å². The molecule has 4 nitrogen and oxygen atoms in total. The van der Waals surface area contributed by atoms with Crippen LogP contribution in [-0.2, 0) is 20.7 Å². The largest absolute Gasteiger partial charge is 0.628 e. The Hall–Kier alpha value is -1.82. The second-order valence-electron chi connectivity index (χ2n) is 6.13. The van der Waals surface area contributed by atoms with Gasteiger partial charge in [-0.3, -0.25) is 4.79 Å². The zero-order valence-corrected chi connectivity index (χ0v) is 14.9. The topological polar surface area (TPSA) is 53.8 Å². The number of hydrogen-bond acceptors (Lipinski definition) is 4. The molecule has 0 aromatic heterocycles. The van der Waals surface area contributed by atoms with Crippen LogP contribution < -0.4 is 5.06 Å². The highest BCUT2D eigenvalue weighted by molar-refractivity contribution is 8.00. The number of fused-ring (bicyclic) bond motifs is 1. The van der Waals surface area contributed by atoms with Crippen molar-refractivity contribution in [1.82, 2.24) is 0 Å². The van der Waals surface area contributed by atoms with E-state index in [0.717, 1.165) is 28.8 Å². The molecule has 0 spiro atoms. The van der Waals surface area contributed by atoms with E-state index in [-0.39, 0.29) is 17.1 Å². The third-order valence-corrected chi connectivity index (χ3v) is 6.09. The highest BCUT2D eigenvalue weighted by Gasteiger charge is 2.36. The highest BCUT2D eigenvalue weighted by Crippen LogP contribution is 2.36. The lowest BCUT2D eigenvalue weighted by Crippen LogP contribution is -3.01. The van der Waals surface area contributed by atoms with Crippen molar-refractivity contribution < 1.29 is 14.6 Å². The molecule has 0 bridgehead atoms. The second kappa shape index (κ2) is 6.59. The fourth-order valence-corrected chi connectivity index (χ4v) is 3.88. The van der Waals surface area contributed by atoms with E-state index in [2.05, 4.69) is 0 Å². The van der Waals surface area contributed by atoms with Gasteiger partial charge in [0.2, 0.25) is 0 Å². The van der Waals surface area contributed by atoms with E-state index in [1.807, 2.05) is 61.7 Å². The van der Waals surface area contributed by atoms with Crippen LogP contribution in [0.15, 0.2) is 48.5 Å². The van der Waals surface area contributed by atoms with E-state index >= 15 is 0 Å². The van der Waals surface area contributed by atoms with E-state index in [1.54, 1.807) is 0 Å². The van der Waals surface area contributed by atoms with E-state index < -0.39 is 4.75 Å². The first kappa shape index (κ1) is 17.0. The molecule has 5 heteroatoms. The van der Waals surface area contributed by atoms with Crippen LogP contribution in [0.1, 0.15) is 29.7 Å². The Morgan fingerprint density at radius 2 is 1.92 bits per heavy atom. The Bertz CT molecular complexity index is 747. The number of thioether (sulfide) groups is 1. The SMILES string of the molecule is COC(=O)C(C)(SC)c1ccc(C2Cc3ccccc3[NH+]2[O-])cc1. The molecular weight excluding hydrogens is 322 g/mol. The maximum Gasteiger partial charge on any atom is 0.326 e. The quantitative estimate of drug-likeness (QED) is 0.685. The Balaban J connectivity index is 1.87. The Labute approximate surface area is 146 Å². The Morgan fingerprint density at radius 1 is 1.25 bits per heavy atom. The van der Waals surface area contributed by atoms with Crippen molar-refractivity contribution in [3.63, 3.8) is 0 Å². The molecule has 0 saturated carbocycles. The first-order valence-electron chi connectivity index (χ1n) is 7.87. The number of benzene rings is 2. The lowest BCUT2D eigenvalue weighted by Gasteiger charge is -2.27. The van der Waals surface area contributed by atoms with Gasteiger partial charge < -0.3 is 15.0 Å². The van der Waals surface area contributed by atoms with Gasteiger partial charge in [-0.2, -0.15) is 0 Å². The predicted octanol–water partition coefficient (Wildman–Crippen LogP) is 2.75. The predicted molar refractivity (Wildman–Crippen MR) is 96.2 cm³/mol. The molecule has 1 aliphatic heterocycles. The van der Waals surface area contributed by atoms with Crippen LogP contribution in [0.25, 0.3) is 0 Å². The standard InChI is InChI=1S/C19H21NO3S/c1-19(24-3,18(21)23-2)15-10-8-13(9-11-15)17-12-14-6-4-5-7-16(14)20(17)22/h4-11,17,20H,12H2,1-3H3. The summed E-state index contributed by atoms with van der Waals surface area (Å²) in [5.41, 5.74) is 3.82. The van der Waals surface area contributed by atoms with Gasteiger partial charge in [-0.1, -0.05) is 42.5 Å². The number of para-hydroxylation sites is 1. The number of ether oxygens (including phenoxy) is 1. The summed E-state index contributed by atoms with van der Waals surface area (Å²) in [6.45, 7) is 1.86. The van der Waals surface area contributed by atoms with Crippen LogP contribution in [0, 0.1) is 5.21 Å². The van der Waals surface area contributed by atoms with Crippen molar-refractivity contribution in [3.8, 4) is 0 Å². The first-order chi connectivity index (χ1) is 11.5. The molecule has 1 N–H and O–H groups in total. The monoisotopic (exact) mass is 343 g/mol. The van der Waals surface area contributed by atoms with Gasteiger partial charge in [0.25, 0.3) is 0 Å². The van der Waals surface area contributed by atoms with E-state index in [4.69, 9.17) is 4.74 Å². The van der Waals surface area contributed by atoms with Crippen molar-refractivity contribution in [1.29, 1.82) is 0 Å². The van der Waals surface area contributed by atoms with Crippen LogP contribution in [0.3, 0.4) is 0 Å². The molecule has 0 fully saturated rings. The fraction of sp³-hybridized carbons (Fsp3) is 0.316. The Morgan fingerprint density at radius 3 is 2.50 bits per heavy atom. The molecule has 2 aromatic rings. The number of rotatable bonds is 4. The molecule has 2 aromatic carbocycles. The molecule has 24 heavy (non-hydrogen) atoms. The molecule has 126 valence electrons. The summed E-state index contributed by atoms with van der Waals surface area (Å²) >= 11 is 1.44. The van der Waals surface area contributed by atoms with Gasteiger partial charge in [0.1, 0.15) is 16.5 Å². The van der Waals surface area contributed by atoms with Gasteiger partial charge in [-0.05, 0) is 24.8 Å². The number of hydrogen-bond donors (Lipinski definition) is 1. The molecule has 1 aliphatic rings. The summed E-state index contributed by atoms with van der Waals surface area (Å²) in [6.07, 6.45) is 2.63. The van der Waals surface area contributed by atoms with Crippen LogP contribution in [0.4, 0.5) is 5.69 Å². The normalized spacial score (nSPS) is 21.8. The van der Waals surface area contributed by atoms with E-state index in [1.165, 1.54) is 18.9 Å². The molecule has 0 amide bonds. The smallest absolute Gasteiger partial charge is 0.326 e. The average Bonchev–Trinajstić information content (AvgIpc) is 2.97. The van der Waals surface area contributed by atoms with Crippen molar-refractivity contribution in [2.75, 3.05) is 13.4 Å². The fourth-order valence-electron chi connectivity index (χ4n) is 3.26. The molecule has 3 unspecified atom stereocenters. The van der Waals surface area contributed by atoms with Crippen LogP contribution in [-0.4, -0.2) is 19.3 Å². The molecule has 0 aliphatic carbocycles. The van der Waals surface area contributed by atoms with Crippen LogP contribution >= 0.6 is 11.8 Å². The average molecular weight is 343 g/mol. The van der Waals surface area contributed by atoms with Gasteiger partial charge in [0, 0.05) is 17.5 Å². The number of quaternary nitrogens is 1. The number of esters is 1. The van der Waals surface area contributed by atoms with Crippen molar-refractivity contribution in [2.24, 2.45) is 0 Å². The number of carbonyl (C=O) groups is 1. The van der Waals surface area contributed by atoms with Gasteiger partial charge in [-0.15, -0.1) is 11.8 Å². The number of hydroxylamine groups is 1. The third kappa shape index (κ3) is 2.73. The minimum Gasteiger partial charge on any atom is -0.628 e. The number of carbonyl (C=O) groups excluding carboxylic acids is 1. The summed E-state index contributed by atoms with van der Waals surface area (Å²) in [7, 11) is 1.40. The number of nitrogens with one attached hydrogen (secondary N) is 1. The molecule has 3 rings (SSSR count). The lowest BCUT2D eigenvalue weighted by atomic mass is 9.96. The molecule has 0 saturated heterocycles. The molecular formula is C19H21NO3S. The van der Waals surface area contributed by atoms with Gasteiger partial charge in [0.15, 0.2) is 0 Å². The summed E-state index contributed by atoms with van der Waals surface area (Å²) in [5, 5.41) is 12.8. The summed E-state index contributed by atoms with van der Waals surface area (Å²) in [4.78, 5) is 12.1. The minimum absolute atomic E-state index is 0.130. The lowest BCUT2D eigenvalue weighted by molar-refractivity contribution is -0.806.